The quantitative estimate of drug-likeness (QED) is 0.794. The van der Waals surface area contributed by atoms with Crippen LogP contribution in [0, 0.1) is 5.41 Å². The van der Waals surface area contributed by atoms with Crippen LogP contribution in [0.1, 0.15) is 47.0 Å². The zero-order valence-electron chi connectivity index (χ0n) is 12.5. The van der Waals surface area contributed by atoms with Crippen LogP contribution in [0.4, 0.5) is 0 Å². The maximum atomic E-state index is 12.9. The Morgan fingerprint density at radius 2 is 2.00 bits per heavy atom. The minimum Gasteiger partial charge on any atom is -0.481 e. The average molecular weight is 270 g/mol. The minimum atomic E-state index is -0.864. The van der Waals surface area contributed by atoms with Crippen molar-refractivity contribution in [3.8, 4) is 0 Å². The molecule has 1 rings (SSSR count). The van der Waals surface area contributed by atoms with Crippen molar-refractivity contribution >= 4 is 11.9 Å². The van der Waals surface area contributed by atoms with Crippen molar-refractivity contribution in [1.82, 2.24) is 10.2 Å². The predicted octanol–water partition coefficient (Wildman–Crippen LogP) is 1.48. The highest BCUT2D eigenvalue weighted by Gasteiger charge is 2.44. The van der Waals surface area contributed by atoms with Crippen molar-refractivity contribution in [2.24, 2.45) is 5.41 Å². The van der Waals surface area contributed by atoms with Crippen LogP contribution in [0.5, 0.6) is 0 Å². The second-order valence-electron chi connectivity index (χ2n) is 6.33. The summed E-state index contributed by atoms with van der Waals surface area (Å²) in [6.07, 6.45) is 1.62. The first kappa shape index (κ1) is 16.0. The molecular formula is C14H26N2O3. The smallest absolute Gasteiger partial charge is 0.305 e. The van der Waals surface area contributed by atoms with Gasteiger partial charge >= 0.3 is 5.97 Å². The second-order valence-corrected chi connectivity index (χ2v) is 6.33. The molecule has 0 saturated carbocycles. The highest BCUT2D eigenvalue weighted by molar-refractivity contribution is 5.84. The number of hydrogen-bond donors (Lipinski definition) is 2. The van der Waals surface area contributed by atoms with Crippen LogP contribution < -0.4 is 5.32 Å². The van der Waals surface area contributed by atoms with Gasteiger partial charge < -0.3 is 15.3 Å². The normalized spacial score (nSPS) is 23.4. The van der Waals surface area contributed by atoms with Gasteiger partial charge in [-0.05, 0) is 40.2 Å². The third-order valence-corrected chi connectivity index (χ3v) is 3.98. The lowest BCUT2D eigenvalue weighted by Gasteiger charge is -2.41. The van der Waals surface area contributed by atoms with E-state index >= 15 is 0 Å². The summed E-state index contributed by atoms with van der Waals surface area (Å²) in [5.74, 6) is -0.772. The van der Waals surface area contributed by atoms with E-state index in [0.29, 0.717) is 6.54 Å². The summed E-state index contributed by atoms with van der Waals surface area (Å²) in [7, 11) is 0. The molecule has 1 fully saturated rings. The van der Waals surface area contributed by atoms with Gasteiger partial charge in [0.2, 0.25) is 5.91 Å². The molecule has 110 valence electrons. The summed E-state index contributed by atoms with van der Waals surface area (Å²) in [6.45, 7) is 9.73. The third kappa shape index (κ3) is 3.69. The Hall–Kier alpha value is -1.10. The second kappa shape index (κ2) is 5.90. The zero-order valence-corrected chi connectivity index (χ0v) is 12.5. The SMILES string of the molecule is CCC1(C(=O)N(CCC(=O)O)C(C)(C)C)CCNC1. The number of nitrogens with one attached hydrogen (secondary N) is 1. The van der Waals surface area contributed by atoms with Crippen LogP contribution in [0.2, 0.25) is 0 Å². The largest absolute Gasteiger partial charge is 0.481 e. The monoisotopic (exact) mass is 270 g/mol. The molecule has 1 aliphatic rings. The number of aliphatic carboxylic acids is 1. The van der Waals surface area contributed by atoms with Crippen molar-refractivity contribution < 1.29 is 14.7 Å². The first-order chi connectivity index (χ1) is 8.73. The van der Waals surface area contributed by atoms with E-state index in [2.05, 4.69) is 5.32 Å². The van der Waals surface area contributed by atoms with Gasteiger partial charge in [0.1, 0.15) is 0 Å². The molecule has 0 aliphatic carbocycles. The van der Waals surface area contributed by atoms with Crippen LogP contribution in [-0.2, 0) is 9.59 Å². The minimum absolute atomic E-state index is 0.00374. The molecule has 0 aromatic carbocycles. The van der Waals surface area contributed by atoms with E-state index in [1.54, 1.807) is 4.90 Å². The van der Waals surface area contributed by atoms with E-state index in [1.165, 1.54) is 0 Å². The van der Waals surface area contributed by atoms with Gasteiger partial charge in [-0.15, -0.1) is 0 Å². The van der Waals surface area contributed by atoms with Crippen LogP contribution in [-0.4, -0.2) is 47.1 Å². The Bertz CT molecular complexity index is 341. The summed E-state index contributed by atoms with van der Waals surface area (Å²) in [4.78, 5) is 25.4. The molecule has 1 unspecified atom stereocenters. The Labute approximate surface area is 115 Å². The van der Waals surface area contributed by atoms with Crippen LogP contribution in [0.25, 0.3) is 0 Å². The van der Waals surface area contributed by atoms with Gasteiger partial charge in [0.15, 0.2) is 0 Å². The Morgan fingerprint density at radius 3 is 2.37 bits per heavy atom. The number of rotatable bonds is 5. The lowest BCUT2D eigenvalue weighted by atomic mass is 9.81. The fourth-order valence-electron chi connectivity index (χ4n) is 2.61. The number of carbonyl (C=O) groups is 2. The van der Waals surface area contributed by atoms with E-state index < -0.39 is 5.97 Å². The molecule has 5 nitrogen and oxygen atoms in total. The van der Waals surface area contributed by atoms with Crippen LogP contribution >= 0.6 is 0 Å². The fraction of sp³-hybridized carbons (Fsp3) is 0.857. The van der Waals surface area contributed by atoms with E-state index in [-0.39, 0.29) is 29.8 Å². The fourth-order valence-corrected chi connectivity index (χ4v) is 2.61. The zero-order chi connectivity index (χ0) is 14.7. The maximum Gasteiger partial charge on any atom is 0.305 e. The average Bonchev–Trinajstić information content (AvgIpc) is 2.76. The molecule has 1 heterocycles. The molecular weight excluding hydrogens is 244 g/mol. The molecule has 0 aromatic rings. The van der Waals surface area contributed by atoms with Gasteiger partial charge in [0.25, 0.3) is 0 Å². The summed E-state index contributed by atoms with van der Waals surface area (Å²) in [5, 5.41) is 12.1. The van der Waals surface area contributed by atoms with Gasteiger partial charge in [-0.25, -0.2) is 0 Å². The lowest BCUT2D eigenvalue weighted by molar-refractivity contribution is -0.148. The summed E-state index contributed by atoms with van der Waals surface area (Å²) >= 11 is 0. The van der Waals surface area contributed by atoms with Gasteiger partial charge in [-0.3, -0.25) is 9.59 Å². The number of carboxylic acids is 1. The van der Waals surface area contributed by atoms with E-state index in [0.717, 1.165) is 19.4 Å². The molecule has 0 bridgehead atoms. The Kier molecular flexibility index (Phi) is 4.96. The molecule has 0 radical (unpaired) electrons. The highest BCUT2D eigenvalue weighted by Crippen LogP contribution is 2.34. The number of nitrogens with zero attached hydrogens (tertiary/aromatic N) is 1. The Morgan fingerprint density at radius 1 is 1.37 bits per heavy atom. The predicted molar refractivity (Wildman–Crippen MR) is 73.9 cm³/mol. The standard InChI is InChI=1S/C14H26N2O3/c1-5-14(7-8-15-10-14)12(19)16(13(2,3)4)9-6-11(17)18/h15H,5-10H2,1-4H3,(H,17,18). The van der Waals surface area contributed by atoms with Crippen molar-refractivity contribution in [2.75, 3.05) is 19.6 Å². The molecule has 2 N–H and O–H groups in total. The van der Waals surface area contributed by atoms with E-state index in [1.807, 2.05) is 27.7 Å². The molecule has 19 heavy (non-hydrogen) atoms. The molecule has 1 aliphatic heterocycles. The summed E-state index contributed by atoms with van der Waals surface area (Å²) in [6, 6.07) is 0. The number of carbonyl (C=O) groups excluding carboxylic acids is 1. The first-order valence-corrected chi connectivity index (χ1v) is 6.97. The van der Waals surface area contributed by atoms with Crippen molar-refractivity contribution in [1.29, 1.82) is 0 Å². The summed E-state index contributed by atoms with van der Waals surface area (Å²) < 4.78 is 0. The molecule has 1 amide bonds. The van der Waals surface area contributed by atoms with Gasteiger partial charge in [-0.1, -0.05) is 6.92 Å². The van der Waals surface area contributed by atoms with Gasteiger partial charge in [0, 0.05) is 18.6 Å². The maximum absolute atomic E-state index is 12.9. The number of amides is 1. The Balaban J connectivity index is 2.90. The topological polar surface area (TPSA) is 69.6 Å². The molecule has 0 aromatic heterocycles. The lowest BCUT2D eigenvalue weighted by Crippen LogP contribution is -2.53. The van der Waals surface area contributed by atoms with Crippen molar-refractivity contribution in [2.45, 2.75) is 52.5 Å². The van der Waals surface area contributed by atoms with Crippen LogP contribution in [0.3, 0.4) is 0 Å². The van der Waals surface area contributed by atoms with Crippen molar-refractivity contribution in [3.63, 3.8) is 0 Å². The number of hydrogen-bond acceptors (Lipinski definition) is 3. The van der Waals surface area contributed by atoms with Crippen molar-refractivity contribution in [3.05, 3.63) is 0 Å². The van der Waals surface area contributed by atoms with Gasteiger partial charge in [0.05, 0.1) is 11.8 Å². The van der Waals surface area contributed by atoms with Crippen LogP contribution in [0.15, 0.2) is 0 Å². The van der Waals surface area contributed by atoms with E-state index in [9.17, 15) is 9.59 Å². The highest BCUT2D eigenvalue weighted by atomic mass is 16.4. The molecule has 1 saturated heterocycles. The molecule has 5 heteroatoms. The molecule has 0 spiro atoms. The third-order valence-electron chi connectivity index (χ3n) is 3.98. The molecule has 1 atom stereocenters. The number of carboxylic acid groups (broad SMARTS) is 1. The van der Waals surface area contributed by atoms with Gasteiger partial charge in [-0.2, -0.15) is 0 Å². The summed E-state index contributed by atoms with van der Waals surface area (Å²) in [5.41, 5.74) is -0.705. The van der Waals surface area contributed by atoms with E-state index in [4.69, 9.17) is 5.11 Å². The first-order valence-electron chi connectivity index (χ1n) is 6.97.